The summed E-state index contributed by atoms with van der Waals surface area (Å²) in [5, 5.41) is 3.63. The Bertz CT molecular complexity index is 645. The predicted octanol–water partition coefficient (Wildman–Crippen LogP) is 2.78. The smallest absolute Gasteiger partial charge is 0.303 e. The lowest BCUT2D eigenvalue weighted by Crippen LogP contribution is -2.26. The van der Waals surface area contributed by atoms with Crippen LogP contribution in [0.3, 0.4) is 0 Å². The van der Waals surface area contributed by atoms with Crippen molar-refractivity contribution in [2.45, 2.75) is 37.0 Å². The lowest BCUT2D eigenvalue weighted by Gasteiger charge is -2.19. The van der Waals surface area contributed by atoms with Gasteiger partial charge in [0, 0.05) is 11.1 Å². The molecule has 0 aliphatic carbocycles. The number of aromatic amines is 1. The average Bonchev–Trinajstić information content (AvgIpc) is 2.84. The highest BCUT2D eigenvalue weighted by molar-refractivity contribution is 7.99. The van der Waals surface area contributed by atoms with Crippen LogP contribution >= 0.6 is 11.8 Å². The van der Waals surface area contributed by atoms with Crippen LogP contribution in [0.2, 0.25) is 0 Å². The van der Waals surface area contributed by atoms with Crippen LogP contribution < -0.4 is 5.76 Å². The Morgan fingerprint density at radius 3 is 2.70 bits per heavy atom. The third-order valence-electron chi connectivity index (χ3n) is 4.01. The van der Waals surface area contributed by atoms with Gasteiger partial charge < -0.3 is 4.90 Å². The fourth-order valence-electron chi connectivity index (χ4n) is 2.78. The molecule has 1 N–H and O–H groups in total. The first-order valence-corrected chi connectivity index (χ1v) is 9.17. The summed E-state index contributed by atoms with van der Waals surface area (Å²) in [6.45, 7) is 3.71. The zero-order valence-corrected chi connectivity index (χ0v) is 14.0. The van der Waals surface area contributed by atoms with Crippen LogP contribution in [0.5, 0.6) is 0 Å². The molecule has 3 heterocycles. The quantitative estimate of drug-likeness (QED) is 0.647. The van der Waals surface area contributed by atoms with Crippen molar-refractivity contribution in [3.05, 3.63) is 28.9 Å². The molecule has 3 rings (SSSR count). The maximum atomic E-state index is 10.9. The van der Waals surface area contributed by atoms with Crippen molar-refractivity contribution in [1.82, 2.24) is 20.0 Å². The molecule has 1 aliphatic heterocycles. The third-order valence-corrected chi connectivity index (χ3v) is 5.07. The van der Waals surface area contributed by atoms with E-state index in [9.17, 15) is 4.79 Å². The van der Waals surface area contributed by atoms with Crippen molar-refractivity contribution >= 4 is 11.8 Å². The van der Waals surface area contributed by atoms with Gasteiger partial charge in [0.05, 0.1) is 0 Å². The predicted molar refractivity (Wildman–Crippen MR) is 90.6 cm³/mol. The molecule has 0 spiro atoms. The molecular formula is C16H22N4O2S. The van der Waals surface area contributed by atoms with Crippen LogP contribution in [0, 0.1) is 0 Å². The number of thioether (sulfide) groups is 1. The summed E-state index contributed by atoms with van der Waals surface area (Å²) in [5.74, 6) is 0.902. The molecule has 0 aromatic carbocycles. The molecule has 0 saturated carbocycles. The van der Waals surface area contributed by atoms with Crippen LogP contribution in [0.25, 0.3) is 11.5 Å². The van der Waals surface area contributed by atoms with Crippen molar-refractivity contribution in [3.8, 4) is 11.5 Å². The number of pyridine rings is 1. The molecule has 1 saturated heterocycles. The van der Waals surface area contributed by atoms with Gasteiger partial charge in [-0.15, -0.1) is 11.8 Å². The number of aromatic nitrogens is 3. The van der Waals surface area contributed by atoms with Crippen molar-refractivity contribution < 1.29 is 4.52 Å². The van der Waals surface area contributed by atoms with Crippen molar-refractivity contribution in [1.29, 1.82) is 0 Å². The lowest BCUT2D eigenvalue weighted by molar-refractivity contribution is 0.286. The monoisotopic (exact) mass is 334 g/mol. The molecular weight excluding hydrogens is 312 g/mol. The molecule has 0 radical (unpaired) electrons. The standard InChI is InChI=1S/C16H22N4O2S/c21-16-18-15(19-22-16)14-7-6-13(12-17-14)23-11-5-10-20-8-3-1-2-4-9-20/h6-7,12H,1-5,8-11H2,(H,18,19,21). The van der Waals surface area contributed by atoms with Gasteiger partial charge in [0.25, 0.3) is 0 Å². The van der Waals surface area contributed by atoms with E-state index in [4.69, 9.17) is 0 Å². The van der Waals surface area contributed by atoms with Gasteiger partial charge >= 0.3 is 5.76 Å². The maximum absolute atomic E-state index is 10.9. The summed E-state index contributed by atoms with van der Waals surface area (Å²) in [7, 11) is 0. The van der Waals surface area contributed by atoms with Gasteiger partial charge in [0.15, 0.2) is 0 Å². The van der Waals surface area contributed by atoms with Gasteiger partial charge in [-0.3, -0.25) is 14.5 Å². The number of hydrogen-bond acceptors (Lipinski definition) is 6. The van der Waals surface area contributed by atoms with Crippen molar-refractivity contribution in [3.63, 3.8) is 0 Å². The molecule has 7 heteroatoms. The highest BCUT2D eigenvalue weighted by Gasteiger charge is 2.09. The molecule has 2 aromatic rings. The minimum absolute atomic E-state index is 0.368. The summed E-state index contributed by atoms with van der Waals surface area (Å²) < 4.78 is 4.48. The van der Waals surface area contributed by atoms with Crippen LogP contribution in [0.4, 0.5) is 0 Å². The first-order valence-electron chi connectivity index (χ1n) is 8.19. The zero-order chi connectivity index (χ0) is 15.9. The summed E-state index contributed by atoms with van der Waals surface area (Å²) in [6, 6.07) is 3.86. The molecule has 23 heavy (non-hydrogen) atoms. The largest absolute Gasteiger partial charge is 0.439 e. The normalized spacial score (nSPS) is 16.3. The van der Waals surface area contributed by atoms with Crippen molar-refractivity contribution in [2.24, 2.45) is 0 Å². The van der Waals surface area contributed by atoms with Crippen molar-refractivity contribution in [2.75, 3.05) is 25.4 Å². The SMILES string of the molecule is O=c1[nH]c(-c2ccc(SCCCN3CCCCCC3)cn2)no1. The van der Waals surface area contributed by atoms with E-state index in [1.165, 1.54) is 51.7 Å². The molecule has 1 fully saturated rings. The van der Waals surface area contributed by atoms with Gasteiger partial charge in [-0.25, -0.2) is 4.79 Å². The first kappa shape index (κ1) is 16.3. The Balaban J connectivity index is 1.42. The first-order chi connectivity index (χ1) is 11.3. The summed E-state index contributed by atoms with van der Waals surface area (Å²) in [6.07, 6.45) is 8.49. The lowest BCUT2D eigenvalue weighted by atomic mass is 10.2. The number of hydrogen-bond donors (Lipinski definition) is 1. The fourth-order valence-corrected chi connectivity index (χ4v) is 3.58. The van der Waals surface area contributed by atoms with Crippen LogP contribution in [0.15, 0.2) is 32.5 Å². The minimum atomic E-state index is -0.561. The van der Waals surface area contributed by atoms with E-state index in [-0.39, 0.29) is 0 Å². The Labute approximate surface area is 139 Å². The summed E-state index contributed by atoms with van der Waals surface area (Å²) in [4.78, 5) is 21.5. The third kappa shape index (κ3) is 4.94. The highest BCUT2D eigenvalue weighted by Crippen LogP contribution is 2.20. The molecule has 0 bridgehead atoms. The number of nitrogens with one attached hydrogen (secondary N) is 1. The Morgan fingerprint density at radius 2 is 2.04 bits per heavy atom. The Morgan fingerprint density at radius 1 is 1.22 bits per heavy atom. The molecule has 0 unspecified atom stereocenters. The second-order valence-electron chi connectivity index (χ2n) is 5.78. The van der Waals surface area contributed by atoms with E-state index < -0.39 is 5.76 Å². The molecule has 0 atom stereocenters. The van der Waals surface area contributed by atoms with Gasteiger partial charge in [-0.05, 0) is 56.8 Å². The second-order valence-corrected chi connectivity index (χ2v) is 6.95. The number of H-pyrrole nitrogens is 1. The Hall–Kier alpha value is -1.60. The minimum Gasteiger partial charge on any atom is -0.303 e. The van der Waals surface area contributed by atoms with Crippen LogP contribution in [-0.2, 0) is 0 Å². The summed E-state index contributed by atoms with van der Waals surface area (Å²) in [5.41, 5.74) is 0.616. The van der Waals surface area contributed by atoms with Gasteiger partial charge in [0.1, 0.15) is 5.69 Å². The van der Waals surface area contributed by atoms with Gasteiger partial charge in [0.2, 0.25) is 5.82 Å². The van der Waals surface area contributed by atoms with Crippen LogP contribution in [0.1, 0.15) is 32.1 Å². The Kier molecular flexibility index (Phi) is 5.87. The molecule has 124 valence electrons. The molecule has 1 aliphatic rings. The van der Waals surface area contributed by atoms with E-state index in [1.54, 1.807) is 0 Å². The molecule has 2 aromatic heterocycles. The summed E-state index contributed by atoms with van der Waals surface area (Å²) >= 11 is 1.82. The molecule has 0 amide bonds. The number of likely N-dealkylation sites (tertiary alicyclic amines) is 1. The average molecular weight is 334 g/mol. The highest BCUT2D eigenvalue weighted by atomic mass is 32.2. The van der Waals surface area contributed by atoms with E-state index in [1.807, 2.05) is 30.1 Å². The van der Waals surface area contributed by atoms with Gasteiger partial charge in [-0.1, -0.05) is 18.0 Å². The number of nitrogens with zero attached hydrogens (tertiary/aromatic N) is 3. The van der Waals surface area contributed by atoms with Gasteiger partial charge in [-0.2, -0.15) is 0 Å². The zero-order valence-electron chi connectivity index (χ0n) is 13.2. The van der Waals surface area contributed by atoms with E-state index in [0.717, 1.165) is 10.6 Å². The van der Waals surface area contributed by atoms with E-state index in [0.29, 0.717) is 11.5 Å². The molecule has 6 nitrogen and oxygen atoms in total. The fraction of sp³-hybridized carbons (Fsp3) is 0.562. The second kappa shape index (κ2) is 8.31. The van der Waals surface area contributed by atoms with Crippen LogP contribution in [-0.4, -0.2) is 45.4 Å². The maximum Gasteiger partial charge on any atom is 0.439 e. The topological polar surface area (TPSA) is 75.0 Å². The van der Waals surface area contributed by atoms with E-state index in [2.05, 4.69) is 24.5 Å². The van der Waals surface area contributed by atoms with E-state index >= 15 is 0 Å². The number of rotatable bonds is 6.